The third-order valence-electron chi connectivity index (χ3n) is 2.67. The number of rotatable bonds is 2. The first-order chi connectivity index (χ1) is 8.09. The maximum Gasteiger partial charge on any atom is 0.133 e. The van der Waals surface area contributed by atoms with Crippen molar-refractivity contribution in [2.75, 3.05) is 0 Å². The fourth-order valence-electron chi connectivity index (χ4n) is 1.85. The molecule has 0 spiro atoms. The van der Waals surface area contributed by atoms with Crippen LogP contribution in [0.4, 0.5) is 8.78 Å². The second-order valence-electron chi connectivity index (χ2n) is 4.00. The van der Waals surface area contributed by atoms with Crippen LogP contribution in [0.5, 0.6) is 0 Å². The minimum atomic E-state index is -0.579. The molecule has 1 nitrogen and oxygen atoms in total. The van der Waals surface area contributed by atoms with Gasteiger partial charge in [0.25, 0.3) is 0 Å². The molecule has 0 aliphatic heterocycles. The van der Waals surface area contributed by atoms with Crippen LogP contribution in [-0.2, 0) is 0 Å². The lowest BCUT2D eigenvalue weighted by Gasteiger charge is -2.13. The zero-order valence-corrected chi connectivity index (χ0v) is 9.45. The Morgan fingerprint density at radius 2 is 1.71 bits per heavy atom. The molecule has 2 N–H and O–H groups in total. The summed E-state index contributed by atoms with van der Waals surface area (Å²) in [5.41, 5.74) is 7.76. The lowest BCUT2D eigenvalue weighted by Crippen LogP contribution is -2.06. The van der Waals surface area contributed by atoms with Crippen LogP contribution in [-0.4, -0.2) is 0 Å². The smallest absolute Gasteiger partial charge is 0.133 e. The molecule has 17 heavy (non-hydrogen) atoms. The van der Waals surface area contributed by atoms with Gasteiger partial charge in [-0.25, -0.2) is 8.78 Å². The summed E-state index contributed by atoms with van der Waals surface area (Å²) in [4.78, 5) is 0. The van der Waals surface area contributed by atoms with Gasteiger partial charge in [-0.3, -0.25) is 0 Å². The summed E-state index contributed by atoms with van der Waals surface area (Å²) in [7, 11) is 0. The maximum absolute atomic E-state index is 13.7. The fraction of sp³-hybridized carbons (Fsp3) is 0.143. The molecule has 0 heterocycles. The monoisotopic (exact) mass is 233 g/mol. The summed E-state index contributed by atoms with van der Waals surface area (Å²) in [6.07, 6.45) is 0. The zero-order valence-electron chi connectivity index (χ0n) is 9.45. The van der Waals surface area contributed by atoms with Crippen LogP contribution in [0.15, 0.2) is 42.5 Å². The highest BCUT2D eigenvalue weighted by molar-refractivity contribution is 5.68. The first-order valence-electron chi connectivity index (χ1n) is 5.39. The topological polar surface area (TPSA) is 26.0 Å². The van der Waals surface area contributed by atoms with E-state index in [0.29, 0.717) is 11.1 Å². The molecule has 0 aliphatic rings. The van der Waals surface area contributed by atoms with Gasteiger partial charge in [-0.05, 0) is 30.2 Å². The van der Waals surface area contributed by atoms with E-state index >= 15 is 0 Å². The van der Waals surface area contributed by atoms with Crippen molar-refractivity contribution in [1.82, 2.24) is 0 Å². The standard InChI is InChI=1S/C14H13F2N/c1-9(17)11-4-2-3-5-12(11)13-7-6-10(15)8-14(13)16/h2-9H,17H2,1H3. The Morgan fingerprint density at radius 1 is 1.00 bits per heavy atom. The van der Waals surface area contributed by atoms with E-state index in [2.05, 4.69) is 0 Å². The zero-order chi connectivity index (χ0) is 12.4. The summed E-state index contributed by atoms with van der Waals surface area (Å²) in [6.45, 7) is 1.83. The highest BCUT2D eigenvalue weighted by Gasteiger charge is 2.12. The van der Waals surface area contributed by atoms with Crippen molar-refractivity contribution in [3.8, 4) is 11.1 Å². The third kappa shape index (κ3) is 2.34. The number of hydrogen-bond acceptors (Lipinski definition) is 1. The molecule has 2 aromatic rings. The second-order valence-corrected chi connectivity index (χ2v) is 4.00. The Morgan fingerprint density at radius 3 is 2.35 bits per heavy atom. The van der Waals surface area contributed by atoms with Crippen molar-refractivity contribution in [3.63, 3.8) is 0 Å². The van der Waals surface area contributed by atoms with Crippen molar-refractivity contribution in [3.05, 3.63) is 59.7 Å². The van der Waals surface area contributed by atoms with E-state index in [9.17, 15) is 8.78 Å². The van der Waals surface area contributed by atoms with E-state index in [-0.39, 0.29) is 6.04 Å². The maximum atomic E-state index is 13.7. The average Bonchev–Trinajstić information content (AvgIpc) is 2.29. The molecule has 0 aliphatic carbocycles. The molecule has 0 amide bonds. The SMILES string of the molecule is CC(N)c1ccccc1-c1ccc(F)cc1F. The van der Waals surface area contributed by atoms with Gasteiger partial charge in [0.2, 0.25) is 0 Å². The van der Waals surface area contributed by atoms with Crippen LogP contribution in [0.3, 0.4) is 0 Å². The summed E-state index contributed by atoms with van der Waals surface area (Å²) in [6, 6.07) is 10.7. The molecule has 0 saturated carbocycles. The normalized spacial score (nSPS) is 12.5. The molecule has 0 aromatic heterocycles. The summed E-state index contributed by atoms with van der Waals surface area (Å²) in [5, 5.41) is 0. The Balaban J connectivity index is 2.60. The van der Waals surface area contributed by atoms with E-state index in [4.69, 9.17) is 5.73 Å². The molecule has 1 unspecified atom stereocenters. The van der Waals surface area contributed by atoms with Gasteiger partial charge in [0.15, 0.2) is 0 Å². The van der Waals surface area contributed by atoms with E-state index in [1.54, 1.807) is 6.07 Å². The van der Waals surface area contributed by atoms with Gasteiger partial charge >= 0.3 is 0 Å². The van der Waals surface area contributed by atoms with Crippen molar-refractivity contribution >= 4 is 0 Å². The van der Waals surface area contributed by atoms with Crippen LogP contribution in [0.25, 0.3) is 11.1 Å². The number of halogens is 2. The minimum Gasteiger partial charge on any atom is -0.324 e. The van der Waals surface area contributed by atoms with Gasteiger partial charge in [-0.1, -0.05) is 24.3 Å². The first-order valence-corrected chi connectivity index (χ1v) is 5.39. The van der Waals surface area contributed by atoms with Crippen molar-refractivity contribution in [2.24, 2.45) is 5.73 Å². The molecule has 0 radical (unpaired) electrons. The minimum absolute atomic E-state index is 0.198. The first kappa shape index (κ1) is 11.7. The molecule has 2 rings (SSSR count). The van der Waals surface area contributed by atoms with E-state index in [1.807, 2.05) is 25.1 Å². The van der Waals surface area contributed by atoms with Gasteiger partial charge in [0.1, 0.15) is 11.6 Å². The predicted molar refractivity (Wildman–Crippen MR) is 64.4 cm³/mol. The van der Waals surface area contributed by atoms with Crippen molar-refractivity contribution in [1.29, 1.82) is 0 Å². The summed E-state index contributed by atoms with van der Waals surface area (Å²) < 4.78 is 26.6. The van der Waals surface area contributed by atoms with Gasteiger partial charge < -0.3 is 5.73 Å². The molecule has 0 saturated heterocycles. The molecule has 0 bridgehead atoms. The number of hydrogen-bond donors (Lipinski definition) is 1. The predicted octanol–water partition coefficient (Wildman–Crippen LogP) is 3.65. The molecule has 2 aromatic carbocycles. The molecular weight excluding hydrogens is 220 g/mol. The number of benzene rings is 2. The third-order valence-corrected chi connectivity index (χ3v) is 2.67. The highest BCUT2D eigenvalue weighted by Crippen LogP contribution is 2.29. The average molecular weight is 233 g/mol. The second kappa shape index (κ2) is 4.63. The number of nitrogens with two attached hydrogens (primary N) is 1. The Bertz CT molecular complexity index is 535. The van der Waals surface area contributed by atoms with E-state index in [0.717, 1.165) is 11.6 Å². The van der Waals surface area contributed by atoms with Crippen LogP contribution >= 0.6 is 0 Å². The van der Waals surface area contributed by atoms with Gasteiger partial charge in [0.05, 0.1) is 0 Å². The molecule has 1 atom stereocenters. The molecule has 0 fully saturated rings. The molecular formula is C14H13F2N. The van der Waals surface area contributed by atoms with Crippen LogP contribution < -0.4 is 5.73 Å². The molecule has 3 heteroatoms. The Kier molecular flexibility index (Phi) is 3.20. The van der Waals surface area contributed by atoms with Gasteiger partial charge in [0, 0.05) is 17.7 Å². The quantitative estimate of drug-likeness (QED) is 0.841. The summed E-state index contributed by atoms with van der Waals surface area (Å²) >= 11 is 0. The Hall–Kier alpha value is -1.74. The van der Waals surface area contributed by atoms with Gasteiger partial charge in [-0.15, -0.1) is 0 Å². The fourth-order valence-corrected chi connectivity index (χ4v) is 1.85. The highest BCUT2D eigenvalue weighted by atomic mass is 19.1. The van der Waals surface area contributed by atoms with E-state index in [1.165, 1.54) is 12.1 Å². The lowest BCUT2D eigenvalue weighted by atomic mass is 9.95. The van der Waals surface area contributed by atoms with Gasteiger partial charge in [-0.2, -0.15) is 0 Å². The van der Waals surface area contributed by atoms with Crippen molar-refractivity contribution < 1.29 is 8.78 Å². The molecule has 88 valence electrons. The largest absolute Gasteiger partial charge is 0.324 e. The lowest BCUT2D eigenvalue weighted by molar-refractivity contribution is 0.585. The summed E-state index contributed by atoms with van der Waals surface area (Å²) in [5.74, 6) is -1.15. The van der Waals surface area contributed by atoms with E-state index < -0.39 is 11.6 Å². The van der Waals surface area contributed by atoms with Crippen LogP contribution in [0.2, 0.25) is 0 Å². The van der Waals surface area contributed by atoms with Crippen LogP contribution in [0, 0.1) is 11.6 Å². The van der Waals surface area contributed by atoms with Crippen LogP contribution in [0.1, 0.15) is 18.5 Å². The Labute approximate surface area is 98.9 Å². The van der Waals surface area contributed by atoms with Crippen molar-refractivity contribution in [2.45, 2.75) is 13.0 Å².